The number of halogens is 1. The highest BCUT2D eigenvalue weighted by atomic mass is 79.9. The van der Waals surface area contributed by atoms with Gasteiger partial charge in [-0.25, -0.2) is 0 Å². The first-order chi connectivity index (χ1) is 9.74. The third-order valence-electron chi connectivity index (χ3n) is 3.35. The van der Waals surface area contributed by atoms with E-state index in [0.29, 0.717) is 6.42 Å². The van der Waals surface area contributed by atoms with Gasteiger partial charge in [-0.1, -0.05) is 46.3 Å². The van der Waals surface area contributed by atoms with Gasteiger partial charge in [-0.15, -0.1) is 11.8 Å². The summed E-state index contributed by atoms with van der Waals surface area (Å²) in [5, 5.41) is 10.4. The molecule has 1 N–H and O–H groups in total. The Balaban J connectivity index is 1.70. The lowest BCUT2D eigenvalue weighted by Gasteiger charge is -2.29. The number of ether oxygens (including phenoxy) is 1. The van der Waals surface area contributed by atoms with Crippen LogP contribution in [-0.2, 0) is 6.42 Å². The Hall–Kier alpha value is -0.970. The van der Waals surface area contributed by atoms with Crippen LogP contribution in [0.2, 0.25) is 0 Å². The molecule has 0 radical (unpaired) electrons. The van der Waals surface area contributed by atoms with E-state index < -0.39 is 6.10 Å². The summed E-state index contributed by atoms with van der Waals surface area (Å²) in [4.78, 5) is 1.15. The standard InChI is InChI=1S/C16H15BrO2S/c17-12-6-2-1-5-11(12)9-13(18)15-10-20-16-8-4-3-7-14(16)19-15/h1-8,13,15,18H,9-10H2. The number of aliphatic hydroxyl groups is 1. The molecule has 104 valence electrons. The van der Waals surface area contributed by atoms with Crippen molar-refractivity contribution < 1.29 is 9.84 Å². The summed E-state index contributed by atoms with van der Waals surface area (Å²) in [6.45, 7) is 0. The predicted molar refractivity (Wildman–Crippen MR) is 85.4 cm³/mol. The molecule has 0 aromatic heterocycles. The molecule has 1 aliphatic heterocycles. The second-order valence-electron chi connectivity index (χ2n) is 4.78. The Labute approximate surface area is 131 Å². The Morgan fingerprint density at radius 3 is 2.80 bits per heavy atom. The van der Waals surface area contributed by atoms with Crippen LogP contribution in [0.5, 0.6) is 5.75 Å². The maximum Gasteiger partial charge on any atom is 0.134 e. The van der Waals surface area contributed by atoms with Crippen LogP contribution in [0, 0.1) is 0 Å². The number of para-hydroxylation sites is 1. The normalized spacial score (nSPS) is 19.0. The third-order valence-corrected chi connectivity index (χ3v) is 5.26. The van der Waals surface area contributed by atoms with Crippen molar-refractivity contribution in [2.45, 2.75) is 23.5 Å². The van der Waals surface area contributed by atoms with Crippen LogP contribution in [0.25, 0.3) is 0 Å². The van der Waals surface area contributed by atoms with Crippen LogP contribution in [0.1, 0.15) is 5.56 Å². The molecule has 0 saturated heterocycles. The lowest BCUT2D eigenvalue weighted by Crippen LogP contribution is -2.37. The third kappa shape index (κ3) is 3.03. The number of hydrogen-bond donors (Lipinski definition) is 1. The minimum atomic E-state index is -0.505. The number of hydrogen-bond acceptors (Lipinski definition) is 3. The second kappa shape index (κ2) is 6.20. The van der Waals surface area contributed by atoms with Crippen LogP contribution < -0.4 is 4.74 Å². The zero-order valence-corrected chi connectivity index (χ0v) is 13.2. The van der Waals surface area contributed by atoms with E-state index in [1.165, 1.54) is 0 Å². The highest BCUT2D eigenvalue weighted by molar-refractivity contribution is 9.10. The SMILES string of the molecule is OC(Cc1ccccc1Br)C1CSc2ccccc2O1. The molecule has 4 heteroatoms. The second-order valence-corrected chi connectivity index (χ2v) is 6.69. The Kier molecular flexibility index (Phi) is 4.34. The summed E-state index contributed by atoms with van der Waals surface area (Å²) in [6, 6.07) is 16.0. The van der Waals surface area contributed by atoms with Crippen molar-refractivity contribution in [2.24, 2.45) is 0 Å². The van der Waals surface area contributed by atoms with Crippen molar-refractivity contribution in [3.05, 3.63) is 58.6 Å². The molecule has 0 saturated carbocycles. The fourth-order valence-electron chi connectivity index (χ4n) is 2.25. The average molecular weight is 351 g/mol. The van der Waals surface area contributed by atoms with Gasteiger partial charge in [-0.05, 0) is 23.8 Å². The van der Waals surface area contributed by atoms with Crippen molar-refractivity contribution in [1.82, 2.24) is 0 Å². The van der Waals surface area contributed by atoms with Gasteiger partial charge in [0.05, 0.1) is 6.10 Å². The molecule has 2 aromatic rings. The molecule has 1 heterocycles. The van der Waals surface area contributed by atoms with Gasteiger partial charge in [-0.2, -0.15) is 0 Å². The Morgan fingerprint density at radius 1 is 1.20 bits per heavy atom. The van der Waals surface area contributed by atoms with Crippen LogP contribution in [0.4, 0.5) is 0 Å². The molecule has 0 fully saturated rings. The first kappa shape index (κ1) is 14.0. The van der Waals surface area contributed by atoms with Crippen molar-refractivity contribution in [3.63, 3.8) is 0 Å². The largest absolute Gasteiger partial charge is 0.486 e. The number of fused-ring (bicyclic) bond motifs is 1. The van der Waals surface area contributed by atoms with E-state index in [9.17, 15) is 5.11 Å². The maximum absolute atomic E-state index is 10.4. The van der Waals surface area contributed by atoms with Gasteiger partial charge in [0.15, 0.2) is 0 Å². The fraction of sp³-hybridized carbons (Fsp3) is 0.250. The molecular weight excluding hydrogens is 336 g/mol. The topological polar surface area (TPSA) is 29.5 Å². The lowest BCUT2D eigenvalue weighted by molar-refractivity contribution is 0.0467. The van der Waals surface area contributed by atoms with E-state index in [4.69, 9.17) is 4.74 Å². The summed E-state index contributed by atoms with van der Waals surface area (Å²) in [6.07, 6.45) is -0.0778. The number of rotatable bonds is 3. The molecule has 2 unspecified atom stereocenters. The van der Waals surface area contributed by atoms with Gasteiger partial charge in [0, 0.05) is 21.5 Å². The van der Waals surface area contributed by atoms with E-state index in [2.05, 4.69) is 22.0 Å². The summed E-state index contributed by atoms with van der Waals surface area (Å²) in [7, 11) is 0. The highest BCUT2D eigenvalue weighted by Crippen LogP contribution is 2.36. The van der Waals surface area contributed by atoms with Crippen molar-refractivity contribution in [2.75, 3.05) is 5.75 Å². The van der Waals surface area contributed by atoms with E-state index in [-0.39, 0.29) is 6.10 Å². The summed E-state index contributed by atoms with van der Waals surface area (Å²) < 4.78 is 6.95. The fourth-order valence-corrected chi connectivity index (χ4v) is 3.76. The summed E-state index contributed by atoms with van der Waals surface area (Å²) in [5.74, 6) is 1.66. The van der Waals surface area contributed by atoms with Crippen LogP contribution in [0.15, 0.2) is 57.9 Å². The summed E-state index contributed by atoms with van der Waals surface area (Å²) >= 11 is 5.26. The molecule has 3 rings (SSSR count). The van der Waals surface area contributed by atoms with Gasteiger partial charge >= 0.3 is 0 Å². The van der Waals surface area contributed by atoms with Gasteiger partial charge < -0.3 is 9.84 Å². The average Bonchev–Trinajstić information content (AvgIpc) is 2.49. The quantitative estimate of drug-likeness (QED) is 0.909. The van der Waals surface area contributed by atoms with Crippen LogP contribution in [0.3, 0.4) is 0 Å². The predicted octanol–water partition coefficient (Wildman–Crippen LogP) is 3.91. The first-order valence-electron chi connectivity index (χ1n) is 6.54. The van der Waals surface area contributed by atoms with E-state index in [0.717, 1.165) is 26.4 Å². The van der Waals surface area contributed by atoms with Crippen molar-refractivity contribution in [1.29, 1.82) is 0 Å². The maximum atomic E-state index is 10.4. The van der Waals surface area contributed by atoms with Gasteiger partial charge in [0.1, 0.15) is 11.9 Å². The van der Waals surface area contributed by atoms with Crippen LogP contribution in [-0.4, -0.2) is 23.1 Å². The summed E-state index contributed by atoms with van der Waals surface area (Å²) in [5.41, 5.74) is 1.10. The Morgan fingerprint density at radius 2 is 1.95 bits per heavy atom. The molecule has 1 aliphatic rings. The number of benzene rings is 2. The Bertz CT molecular complexity index is 603. The minimum absolute atomic E-state index is 0.165. The smallest absolute Gasteiger partial charge is 0.134 e. The molecule has 0 spiro atoms. The number of thioether (sulfide) groups is 1. The first-order valence-corrected chi connectivity index (χ1v) is 8.32. The minimum Gasteiger partial charge on any atom is -0.486 e. The molecule has 0 bridgehead atoms. The highest BCUT2D eigenvalue weighted by Gasteiger charge is 2.27. The van der Waals surface area contributed by atoms with Crippen LogP contribution >= 0.6 is 27.7 Å². The monoisotopic (exact) mass is 350 g/mol. The molecule has 2 atom stereocenters. The van der Waals surface area contributed by atoms with E-state index in [1.54, 1.807) is 11.8 Å². The van der Waals surface area contributed by atoms with Crippen molar-refractivity contribution in [3.8, 4) is 5.75 Å². The molecule has 2 nitrogen and oxygen atoms in total. The molecule has 2 aromatic carbocycles. The molecule has 20 heavy (non-hydrogen) atoms. The number of aliphatic hydroxyl groups excluding tert-OH is 1. The van der Waals surface area contributed by atoms with Gasteiger partial charge in [-0.3, -0.25) is 0 Å². The molecule has 0 aliphatic carbocycles. The zero-order valence-electron chi connectivity index (χ0n) is 10.8. The molecular formula is C16H15BrO2S. The van der Waals surface area contributed by atoms with E-state index >= 15 is 0 Å². The van der Waals surface area contributed by atoms with Gasteiger partial charge in [0.2, 0.25) is 0 Å². The lowest BCUT2D eigenvalue weighted by atomic mass is 10.0. The van der Waals surface area contributed by atoms with Crippen molar-refractivity contribution >= 4 is 27.7 Å². The van der Waals surface area contributed by atoms with E-state index in [1.807, 2.05) is 42.5 Å². The van der Waals surface area contributed by atoms with Gasteiger partial charge in [0.25, 0.3) is 0 Å². The molecule has 0 amide bonds. The zero-order chi connectivity index (χ0) is 13.9.